The third kappa shape index (κ3) is 1.99. The summed E-state index contributed by atoms with van der Waals surface area (Å²) in [5.74, 6) is 6.28. The van der Waals surface area contributed by atoms with Gasteiger partial charge in [-0.1, -0.05) is 11.8 Å². The molecule has 0 aromatic rings. The molecular formula is C7H10O. The summed E-state index contributed by atoms with van der Waals surface area (Å²) in [6.45, 7) is 1.69. The SMILES string of the molecule is CC(O)C#CC1CC1. The molecule has 1 fully saturated rings. The van der Waals surface area contributed by atoms with E-state index in [4.69, 9.17) is 5.11 Å². The predicted octanol–water partition coefficient (Wildman–Crippen LogP) is 0.781. The Balaban J connectivity index is 2.23. The van der Waals surface area contributed by atoms with Crippen LogP contribution in [0.5, 0.6) is 0 Å². The molecule has 0 heterocycles. The molecule has 1 atom stereocenters. The lowest BCUT2D eigenvalue weighted by atomic mass is 10.3. The van der Waals surface area contributed by atoms with Crippen LogP contribution in [0.25, 0.3) is 0 Å². The lowest BCUT2D eigenvalue weighted by Crippen LogP contribution is -1.92. The standard InChI is InChI=1S/C7H10O/c1-6(8)2-3-7-4-5-7/h6-8H,4-5H2,1H3. The average Bonchev–Trinajstić information content (AvgIpc) is 2.41. The Kier molecular flexibility index (Phi) is 1.55. The van der Waals surface area contributed by atoms with Crippen LogP contribution in [-0.4, -0.2) is 11.2 Å². The van der Waals surface area contributed by atoms with Crippen molar-refractivity contribution >= 4 is 0 Å². The third-order valence-corrected chi connectivity index (χ3v) is 1.07. The minimum atomic E-state index is -0.435. The number of rotatable bonds is 0. The zero-order valence-electron chi connectivity index (χ0n) is 5.02. The van der Waals surface area contributed by atoms with Gasteiger partial charge in [0.2, 0.25) is 0 Å². The van der Waals surface area contributed by atoms with Gasteiger partial charge in [0, 0.05) is 5.92 Å². The lowest BCUT2D eigenvalue weighted by Gasteiger charge is -1.84. The van der Waals surface area contributed by atoms with Crippen molar-refractivity contribution < 1.29 is 5.11 Å². The van der Waals surface area contributed by atoms with E-state index in [9.17, 15) is 0 Å². The predicted molar refractivity (Wildman–Crippen MR) is 32.2 cm³/mol. The van der Waals surface area contributed by atoms with Gasteiger partial charge in [0.1, 0.15) is 6.10 Å². The second-order valence-corrected chi connectivity index (χ2v) is 2.24. The summed E-state index contributed by atoms with van der Waals surface area (Å²) in [5, 5.41) is 8.66. The van der Waals surface area contributed by atoms with E-state index in [0.717, 1.165) is 0 Å². The summed E-state index contributed by atoms with van der Waals surface area (Å²) < 4.78 is 0. The molecule has 1 rings (SSSR count). The van der Waals surface area contributed by atoms with Gasteiger partial charge in [-0.25, -0.2) is 0 Å². The first-order valence-corrected chi connectivity index (χ1v) is 2.98. The first-order valence-electron chi connectivity index (χ1n) is 2.98. The van der Waals surface area contributed by atoms with Crippen molar-refractivity contribution in [3.8, 4) is 11.8 Å². The fourth-order valence-corrected chi connectivity index (χ4v) is 0.466. The van der Waals surface area contributed by atoms with Gasteiger partial charge in [0.15, 0.2) is 0 Å². The zero-order valence-corrected chi connectivity index (χ0v) is 5.02. The molecule has 1 heteroatoms. The van der Waals surface area contributed by atoms with Crippen LogP contribution >= 0.6 is 0 Å². The van der Waals surface area contributed by atoms with Crippen LogP contribution in [0.15, 0.2) is 0 Å². The van der Waals surface area contributed by atoms with Crippen LogP contribution in [0.4, 0.5) is 0 Å². The monoisotopic (exact) mass is 110 g/mol. The fourth-order valence-electron chi connectivity index (χ4n) is 0.466. The Morgan fingerprint density at radius 3 is 2.62 bits per heavy atom. The number of aliphatic hydroxyl groups excluding tert-OH is 1. The second kappa shape index (κ2) is 2.19. The first kappa shape index (κ1) is 5.65. The minimum Gasteiger partial charge on any atom is -0.381 e. The van der Waals surface area contributed by atoms with Crippen molar-refractivity contribution in [2.24, 2.45) is 5.92 Å². The van der Waals surface area contributed by atoms with Gasteiger partial charge >= 0.3 is 0 Å². The van der Waals surface area contributed by atoms with E-state index in [1.807, 2.05) is 0 Å². The normalized spacial score (nSPS) is 21.2. The molecule has 0 aliphatic heterocycles. The second-order valence-electron chi connectivity index (χ2n) is 2.24. The maximum absolute atomic E-state index is 8.66. The van der Waals surface area contributed by atoms with Gasteiger partial charge in [-0.3, -0.25) is 0 Å². The summed E-state index contributed by atoms with van der Waals surface area (Å²) in [7, 11) is 0. The Hall–Kier alpha value is -0.480. The molecule has 44 valence electrons. The molecule has 0 amide bonds. The highest BCUT2D eigenvalue weighted by Gasteiger charge is 2.17. The highest BCUT2D eigenvalue weighted by Crippen LogP contribution is 2.27. The summed E-state index contributed by atoms with van der Waals surface area (Å²) in [6.07, 6.45) is 2.04. The molecule has 1 saturated carbocycles. The molecule has 1 aliphatic carbocycles. The van der Waals surface area contributed by atoms with Crippen molar-refractivity contribution in [1.82, 2.24) is 0 Å². The molecule has 0 spiro atoms. The van der Waals surface area contributed by atoms with E-state index < -0.39 is 6.10 Å². The fraction of sp³-hybridized carbons (Fsp3) is 0.714. The van der Waals surface area contributed by atoms with Crippen LogP contribution in [0.2, 0.25) is 0 Å². The van der Waals surface area contributed by atoms with Gasteiger partial charge in [0.25, 0.3) is 0 Å². The van der Waals surface area contributed by atoms with E-state index in [0.29, 0.717) is 5.92 Å². The molecule has 1 nitrogen and oxygen atoms in total. The van der Waals surface area contributed by atoms with E-state index >= 15 is 0 Å². The van der Waals surface area contributed by atoms with Crippen LogP contribution in [0.1, 0.15) is 19.8 Å². The lowest BCUT2D eigenvalue weighted by molar-refractivity contribution is 0.253. The molecule has 0 aromatic carbocycles. The molecule has 0 radical (unpaired) electrons. The molecule has 1 N–H and O–H groups in total. The van der Waals surface area contributed by atoms with Gasteiger partial charge < -0.3 is 5.11 Å². The molecule has 0 saturated heterocycles. The molecule has 1 unspecified atom stereocenters. The van der Waals surface area contributed by atoms with Gasteiger partial charge in [-0.15, -0.1) is 0 Å². The van der Waals surface area contributed by atoms with Gasteiger partial charge in [0.05, 0.1) is 0 Å². The van der Waals surface area contributed by atoms with Crippen LogP contribution in [-0.2, 0) is 0 Å². The average molecular weight is 110 g/mol. The minimum absolute atomic E-state index is 0.435. The number of hydrogen-bond donors (Lipinski definition) is 1. The molecular weight excluding hydrogens is 100 g/mol. The molecule has 8 heavy (non-hydrogen) atoms. The molecule has 1 aliphatic rings. The maximum Gasteiger partial charge on any atom is 0.111 e. The van der Waals surface area contributed by atoms with Crippen LogP contribution < -0.4 is 0 Å². The number of hydrogen-bond acceptors (Lipinski definition) is 1. The molecule has 0 bridgehead atoms. The first-order chi connectivity index (χ1) is 3.79. The highest BCUT2D eigenvalue weighted by atomic mass is 16.3. The third-order valence-electron chi connectivity index (χ3n) is 1.07. The topological polar surface area (TPSA) is 20.2 Å². The van der Waals surface area contributed by atoms with Crippen LogP contribution in [0.3, 0.4) is 0 Å². The number of aliphatic hydroxyl groups is 1. The Morgan fingerprint density at radius 1 is 1.62 bits per heavy atom. The van der Waals surface area contributed by atoms with Crippen molar-refractivity contribution in [2.75, 3.05) is 0 Å². The van der Waals surface area contributed by atoms with Gasteiger partial charge in [-0.05, 0) is 19.8 Å². The summed E-state index contributed by atoms with van der Waals surface area (Å²) in [4.78, 5) is 0. The van der Waals surface area contributed by atoms with E-state index in [1.54, 1.807) is 6.92 Å². The van der Waals surface area contributed by atoms with E-state index in [-0.39, 0.29) is 0 Å². The highest BCUT2D eigenvalue weighted by molar-refractivity contribution is 5.11. The summed E-state index contributed by atoms with van der Waals surface area (Å²) in [5.41, 5.74) is 0. The van der Waals surface area contributed by atoms with Crippen molar-refractivity contribution in [3.05, 3.63) is 0 Å². The van der Waals surface area contributed by atoms with Crippen molar-refractivity contribution in [2.45, 2.75) is 25.9 Å². The van der Waals surface area contributed by atoms with Crippen molar-refractivity contribution in [1.29, 1.82) is 0 Å². The quantitative estimate of drug-likeness (QED) is 0.457. The summed E-state index contributed by atoms with van der Waals surface area (Å²) in [6, 6.07) is 0. The van der Waals surface area contributed by atoms with Crippen LogP contribution in [0, 0.1) is 17.8 Å². The Labute approximate surface area is 49.7 Å². The maximum atomic E-state index is 8.66. The largest absolute Gasteiger partial charge is 0.381 e. The summed E-state index contributed by atoms with van der Waals surface area (Å²) >= 11 is 0. The smallest absolute Gasteiger partial charge is 0.111 e. The Bertz CT molecular complexity index is 117. The van der Waals surface area contributed by atoms with Crippen molar-refractivity contribution in [3.63, 3.8) is 0 Å². The van der Waals surface area contributed by atoms with E-state index in [1.165, 1.54) is 12.8 Å². The van der Waals surface area contributed by atoms with E-state index in [2.05, 4.69) is 11.8 Å². The Morgan fingerprint density at radius 2 is 2.25 bits per heavy atom. The molecule has 0 aromatic heterocycles. The zero-order chi connectivity index (χ0) is 5.98. The van der Waals surface area contributed by atoms with Gasteiger partial charge in [-0.2, -0.15) is 0 Å².